The molecule has 1 aliphatic carbocycles. The summed E-state index contributed by atoms with van der Waals surface area (Å²) in [5.74, 6) is 2.96. The van der Waals surface area contributed by atoms with E-state index in [2.05, 4.69) is 21.8 Å². The monoisotopic (exact) mass is 217 g/mol. The summed E-state index contributed by atoms with van der Waals surface area (Å²) >= 11 is 0. The minimum Gasteiger partial charge on any atom is -0.355 e. The van der Waals surface area contributed by atoms with Crippen LogP contribution in [0.25, 0.3) is 0 Å². The molecule has 1 saturated carbocycles. The molecule has 3 nitrogen and oxygen atoms in total. The first kappa shape index (κ1) is 10.1. The van der Waals surface area contributed by atoms with Crippen molar-refractivity contribution >= 4 is 5.82 Å². The Morgan fingerprint density at radius 3 is 2.56 bits per heavy atom. The average Bonchev–Trinajstić information content (AvgIpc) is 2.81. The second kappa shape index (κ2) is 3.72. The van der Waals surface area contributed by atoms with E-state index in [9.17, 15) is 0 Å². The van der Waals surface area contributed by atoms with Gasteiger partial charge in [0.2, 0.25) is 0 Å². The largest absolute Gasteiger partial charge is 0.355 e. The molecule has 3 rings (SSSR count). The zero-order valence-electron chi connectivity index (χ0n) is 10.1. The number of rotatable bonds is 1. The van der Waals surface area contributed by atoms with E-state index in [1.807, 2.05) is 13.1 Å². The van der Waals surface area contributed by atoms with Crippen molar-refractivity contribution in [3.8, 4) is 0 Å². The second-order valence-electron chi connectivity index (χ2n) is 5.28. The maximum atomic E-state index is 4.65. The Bertz CT molecular complexity index is 390. The highest BCUT2D eigenvalue weighted by molar-refractivity contribution is 5.44. The third kappa shape index (κ3) is 1.58. The van der Waals surface area contributed by atoms with Crippen LogP contribution in [0.4, 0.5) is 5.82 Å². The molecule has 1 saturated heterocycles. The quantitative estimate of drug-likeness (QED) is 0.723. The molecule has 86 valence electrons. The standard InChI is InChI=1S/C13H19N3/c1-9-6-14-10(2)13(15-9)16-7-11-4-3-5-12(11)8-16/h6,11-12H,3-5,7-8H2,1-2H3. The fourth-order valence-corrected chi connectivity index (χ4v) is 3.23. The highest BCUT2D eigenvalue weighted by Gasteiger charge is 2.37. The number of fused-ring (bicyclic) bond motifs is 1. The Labute approximate surface area is 96.9 Å². The Morgan fingerprint density at radius 2 is 1.88 bits per heavy atom. The molecule has 0 aromatic carbocycles. The summed E-state index contributed by atoms with van der Waals surface area (Å²) in [5, 5.41) is 0. The van der Waals surface area contributed by atoms with Gasteiger partial charge in [-0.2, -0.15) is 0 Å². The summed E-state index contributed by atoms with van der Waals surface area (Å²) in [6.45, 7) is 6.48. The van der Waals surface area contributed by atoms with Gasteiger partial charge < -0.3 is 4.90 Å². The van der Waals surface area contributed by atoms with E-state index in [4.69, 9.17) is 0 Å². The Kier molecular flexibility index (Phi) is 2.34. The molecule has 3 heteroatoms. The first-order valence-corrected chi connectivity index (χ1v) is 6.29. The van der Waals surface area contributed by atoms with Gasteiger partial charge in [0.25, 0.3) is 0 Å². The second-order valence-corrected chi connectivity index (χ2v) is 5.28. The van der Waals surface area contributed by atoms with Crippen molar-refractivity contribution in [3.05, 3.63) is 17.6 Å². The maximum absolute atomic E-state index is 4.65. The molecule has 2 heterocycles. The van der Waals surface area contributed by atoms with Crippen molar-refractivity contribution in [3.63, 3.8) is 0 Å². The number of aryl methyl sites for hydroxylation is 2. The SMILES string of the molecule is Cc1cnc(C)c(N2CC3CCCC3C2)n1. The lowest BCUT2D eigenvalue weighted by atomic mass is 10.0. The normalized spacial score (nSPS) is 28.5. The summed E-state index contributed by atoms with van der Waals surface area (Å²) in [6.07, 6.45) is 6.12. The van der Waals surface area contributed by atoms with Gasteiger partial charge in [0.15, 0.2) is 0 Å². The van der Waals surface area contributed by atoms with Crippen LogP contribution in [0, 0.1) is 25.7 Å². The summed E-state index contributed by atoms with van der Waals surface area (Å²) in [5.41, 5.74) is 2.10. The van der Waals surface area contributed by atoms with E-state index in [0.29, 0.717) is 0 Å². The summed E-state index contributed by atoms with van der Waals surface area (Å²) < 4.78 is 0. The van der Waals surface area contributed by atoms with Crippen LogP contribution >= 0.6 is 0 Å². The minimum absolute atomic E-state index is 0.918. The van der Waals surface area contributed by atoms with Crippen molar-refractivity contribution < 1.29 is 0 Å². The lowest BCUT2D eigenvalue weighted by Gasteiger charge is -2.20. The summed E-state index contributed by atoms with van der Waals surface area (Å²) in [7, 11) is 0. The smallest absolute Gasteiger partial charge is 0.150 e. The van der Waals surface area contributed by atoms with Crippen molar-refractivity contribution in [1.82, 2.24) is 9.97 Å². The van der Waals surface area contributed by atoms with Gasteiger partial charge in [-0.25, -0.2) is 4.98 Å². The molecule has 2 aliphatic rings. The van der Waals surface area contributed by atoms with Crippen LogP contribution in [0.15, 0.2) is 6.20 Å². The number of nitrogens with zero attached hydrogens (tertiary/aromatic N) is 3. The number of hydrogen-bond acceptors (Lipinski definition) is 3. The van der Waals surface area contributed by atoms with Gasteiger partial charge in [0, 0.05) is 19.3 Å². The third-order valence-corrected chi connectivity index (χ3v) is 4.08. The first-order valence-electron chi connectivity index (χ1n) is 6.29. The number of anilines is 1. The van der Waals surface area contributed by atoms with Gasteiger partial charge in [-0.3, -0.25) is 4.98 Å². The van der Waals surface area contributed by atoms with E-state index in [1.165, 1.54) is 32.4 Å². The Morgan fingerprint density at radius 1 is 1.19 bits per heavy atom. The molecule has 2 atom stereocenters. The van der Waals surface area contributed by atoms with E-state index >= 15 is 0 Å². The molecule has 0 spiro atoms. The molecular weight excluding hydrogens is 198 g/mol. The lowest BCUT2D eigenvalue weighted by molar-refractivity contribution is 0.494. The fourth-order valence-electron chi connectivity index (χ4n) is 3.23. The molecule has 2 fully saturated rings. The van der Waals surface area contributed by atoms with Crippen LogP contribution in [0.5, 0.6) is 0 Å². The average molecular weight is 217 g/mol. The molecule has 1 aromatic rings. The topological polar surface area (TPSA) is 29.0 Å². The van der Waals surface area contributed by atoms with Crippen molar-refractivity contribution in [1.29, 1.82) is 0 Å². The van der Waals surface area contributed by atoms with Gasteiger partial charge in [0.05, 0.1) is 11.4 Å². The minimum atomic E-state index is 0.918. The van der Waals surface area contributed by atoms with E-state index < -0.39 is 0 Å². The van der Waals surface area contributed by atoms with Crippen molar-refractivity contribution in [2.75, 3.05) is 18.0 Å². The molecule has 16 heavy (non-hydrogen) atoms. The Hall–Kier alpha value is -1.12. The molecular formula is C13H19N3. The summed E-state index contributed by atoms with van der Waals surface area (Å²) in [4.78, 5) is 11.5. The van der Waals surface area contributed by atoms with Gasteiger partial charge >= 0.3 is 0 Å². The zero-order chi connectivity index (χ0) is 11.1. The first-order chi connectivity index (χ1) is 7.74. The molecule has 0 bridgehead atoms. The van der Waals surface area contributed by atoms with Gasteiger partial charge in [0.1, 0.15) is 5.82 Å². The van der Waals surface area contributed by atoms with E-state index in [0.717, 1.165) is 29.0 Å². The van der Waals surface area contributed by atoms with Gasteiger partial charge in [-0.1, -0.05) is 6.42 Å². The molecule has 1 aliphatic heterocycles. The van der Waals surface area contributed by atoms with Crippen molar-refractivity contribution in [2.24, 2.45) is 11.8 Å². The molecule has 2 unspecified atom stereocenters. The maximum Gasteiger partial charge on any atom is 0.150 e. The predicted octanol–water partition coefficient (Wildman–Crippen LogP) is 2.33. The predicted molar refractivity (Wildman–Crippen MR) is 64.6 cm³/mol. The van der Waals surface area contributed by atoms with E-state index in [1.54, 1.807) is 0 Å². The van der Waals surface area contributed by atoms with Crippen LogP contribution in [0.1, 0.15) is 30.7 Å². The molecule has 0 amide bonds. The third-order valence-electron chi connectivity index (χ3n) is 4.08. The zero-order valence-corrected chi connectivity index (χ0v) is 10.1. The van der Waals surface area contributed by atoms with Gasteiger partial charge in [-0.05, 0) is 38.5 Å². The van der Waals surface area contributed by atoms with Crippen LogP contribution in [0.3, 0.4) is 0 Å². The van der Waals surface area contributed by atoms with Crippen LogP contribution in [0.2, 0.25) is 0 Å². The Balaban J connectivity index is 1.85. The van der Waals surface area contributed by atoms with Gasteiger partial charge in [-0.15, -0.1) is 0 Å². The highest BCUT2D eigenvalue weighted by atomic mass is 15.2. The molecule has 0 N–H and O–H groups in total. The van der Waals surface area contributed by atoms with Crippen LogP contribution in [-0.2, 0) is 0 Å². The fraction of sp³-hybridized carbons (Fsp3) is 0.692. The summed E-state index contributed by atoms with van der Waals surface area (Å²) in [6, 6.07) is 0. The van der Waals surface area contributed by atoms with E-state index in [-0.39, 0.29) is 0 Å². The van der Waals surface area contributed by atoms with Crippen LogP contribution < -0.4 is 4.90 Å². The van der Waals surface area contributed by atoms with Crippen molar-refractivity contribution in [2.45, 2.75) is 33.1 Å². The number of hydrogen-bond donors (Lipinski definition) is 0. The number of aromatic nitrogens is 2. The highest BCUT2D eigenvalue weighted by Crippen LogP contribution is 2.39. The lowest BCUT2D eigenvalue weighted by Crippen LogP contribution is -2.23. The molecule has 0 radical (unpaired) electrons. The molecule has 1 aromatic heterocycles. The van der Waals surface area contributed by atoms with Crippen LogP contribution in [-0.4, -0.2) is 23.1 Å².